The Labute approximate surface area is 220 Å². The lowest BCUT2D eigenvalue weighted by Gasteiger charge is -2.30. The Bertz CT molecular complexity index is 1170. The van der Waals surface area contributed by atoms with Gasteiger partial charge in [0.05, 0.1) is 18.2 Å². The van der Waals surface area contributed by atoms with Gasteiger partial charge in [0, 0.05) is 23.2 Å². The van der Waals surface area contributed by atoms with E-state index in [0.29, 0.717) is 29.2 Å². The Morgan fingerprint density at radius 3 is 2.62 bits per heavy atom. The molecule has 1 heterocycles. The fraction of sp³-hybridized carbons (Fsp3) is 0.407. The summed E-state index contributed by atoms with van der Waals surface area (Å²) < 4.78 is 20.0. The molecule has 3 rings (SSSR count). The second-order valence-corrected chi connectivity index (χ2v) is 9.83. The number of benzene rings is 2. The minimum absolute atomic E-state index is 0.0248. The number of hydrogen-bond donors (Lipinski definition) is 3. The molecule has 1 aromatic heterocycles. The quantitative estimate of drug-likeness (QED) is 0.244. The number of carbonyl (C=O) groups is 2. The Morgan fingerprint density at radius 2 is 1.97 bits per heavy atom. The van der Waals surface area contributed by atoms with E-state index in [2.05, 4.69) is 27.7 Å². The third-order valence-corrected chi connectivity index (χ3v) is 6.43. The number of H-pyrrole nitrogens is 1. The fourth-order valence-corrected chi connectivity index (χ4v) is 4.24. The zero-order valence-electron chi connectivity index (χ0n) is 21.0. The number of amides is 1. The van der Waals surface area contributed by atoms with Gasteiger partial charge in [-0.2, -0.15) is 0 Å². The highest BCUT2D eigenvalue weighted by molar-refractivity contribution is 6.30. The first kappa shape index (κ1) is 28.3. The van der Waals surface area contributed by atoms with Gasteiger partial charge in [-0.25, -0.2) is 4.39 Å². The van der Waals surface area contributed by atoms with Gasteiger partial charge in [0.1, 0.15) is 11.5 Å². The SMILES string of the molecule is CCCCCOCC(C)(C[C@@H](Cc1ccc(-c2cc(Cl)ccc2F)cc1)NC(=O)c1cnn[nH]1)C(=O)O. The molecule has 3 aromatic rings. The summed E-state index contributed by atoms with van der Waals surface area (Å²) >= 11 is 6.03. The van der Waals surface area contributed by atoms with Crippen LogP contribution in [0.1, 0.15) is 55.6 Å². The average molecular weight is 531 g/mol. The Hall–Kier alpha value is -3.30. The molecule has 10 heteroatoms. The number of unbranched alkanes of at least 4 members (excludes halogenated alkanes) is 2. The highest BCUT2D eigenvalue weighted by Crippen LogP contribution is 2.29. The molecule has 2 atom stereocenters. The summed E-state index contributed by atoms with van der Waals surface area (Å²) in [6, 6.07) is 11.0. The third-order valence-electron chi connectivity index (χ3n) is 6.20. The van der Waals surface area contributed by atoms with Crippen LogP contribution in [-0.4, -0.2) is 51.6 Å². The first-order chi connectivity index (χ1) is 17.7. The fourth-order valence-electron chi connectivity index (χ4n) is 4.07. The Balaban J connectivity index is 1.78. The van der Waals surface area contributed by atoms with Crippen LogP contribution in [0.5, 0.6) is 0 Å². The van der Waals surface area contributed by atoms with E-state index in [4.69, 9.17) is 16.3 Å². The molecular formula is C27H32ClFN4O4. The van der Waals surface area contributed by atoms with Gasteiger partial charge in [-0.15, -0.1) is 5.10 Å². The van der Waals surface area contributed by atoms with Crippen LogP contribution in [0.15, 0.2) is 48.7 Å². The van der Waals surface area contributed by atoms with Crippen molar-refractivity contribution in [1.82, 2.24) is 20.7 Å². The predicted molar refractivity (Wildman–Crippen MR) is 139 cm³/mol. The average Bonchev–Trinajstić information content (AvgIpc) is 3.41. The van der Waals surface area contributed by atoms with Crippen molar-refractivity contribution in [2.75, 3.05) is 13.2 Å². The first-order valence-electron chi connectivity index (χ1n) is 12.2. The second-order valence-electron chi connectivity index (χ2n) is 9.40. The number of nitrogens with one attached hydrogen (secondary N) is 2. The highest BCUT2D eigenvalue weighted by Gasteiger charge is 2.37. The van der Waals surface area contributed by atoms with Crippen LogP contribution < -0.4 is 5.32 Å². The number of carbonyl (C=O) groups excluding carboxylic acids is 1. The van der Waals surface area contributed by atoms with Gasteiger partial charge in [-0.1, -0.05) is 60.8 Å². The summed E-state index contributed by atoms with van der Waals surface area (Å²) in [6.45, 7) is 4.21. The summed E-state index contributed by atoms with van der Waals surface area (Å²) in [5, 5.41) is 23.1. The number of rotatable bonds is 14. The number of ether oxygens (including phenoxy) is 1. The van der Waals surface area contributed by atoms with Crippen molar-refractivity contribution in [1.29, 1.82) is 0 Å². The van der Waals surface area contributed by atoms with Gasteiger partial charge in [0.2, 0.25) is 0 Å². The number of halogens is 2. The molecular weight excluding hydrogens is 499 g/mol. The molecule has 1 unspecified atom stereocenters. The Morgan fingerprint density at radius 1 is 1.22 bits per heavy atom. The molecule has 0 spiro atoms. The Kier molecular flexibility index (Phi) is 10.2. The molecule has 0 aliphatic heterocycles. The monoisotopic (exact) mass is 530 g/mol. The summed E-state index contributed by atoms with van der Waals surface area (Å²) in [5.74, 6) is -1.83. The van der Waals surface area contributed by atoms with Crippen molar-refractivity contribution in [2.24, 2.45) is 5.41 Å². The summed E-state index contributed by atoms with van der Waals surface area (Å²) in [6.07, 6.45) is 4.69. The van der Waals surface area contributed by atoms with Crippen molar-refractivity contribution in [3.8, 4) is 11.1 Å². The standard InChI is InChI=1S/C27H32ClFN4O4/c1-3-4-5-12-37-17-27(2,26(35)36)15-21(31-25(34)24-16-30-33-32-24)13-18-6-8-19(9-7-18)22-14-20(28)10-11-23(22)29/h6-11,14,16,21H,3-5,12-13,15,17H2,1-2H3,(H,31,34)(H,35,36)(H,30,32,33)/t21-,27?/m1/s1. The third kappa shape index (κ3) is 8.10. The van der Waals surface area contributed by atoms with E-state index in [9.17, 15) is 19.1 Å². The minimum atomic E-state index is -1.22. The van der Waals surface area contributed by atoms with Crippen LogP contribution in [0, 0.1) is 11.2 Å². The maximum Gasteiger partial charge on any atom is 0.311 e. The van der Waals surface area contributed by atoms with E-state index in [1.807, 2.05) is 12.1 Å². The van der Waals surface area contributed by atoms with Gasteiger partial charge in [0.15, 0.2) is 0 Å². The molecule has 2 aromatic carbocycles. The molecule has 0 saturated heterocycles. The molecule has 0 aliphatic rings. The van der Waals surface area contributed by atoms with Crippen molar-refractivity contribution >= 4 is 23.5 Å². The van der Waals surface area contributed by atoms with Crippen molar-refractivity contribution in [3.63, 3.8) is 0 Å². The van der Waals surface area contributed by atoms with E-state index in [1.54, 1.807) is 25.1 Å². The van der Waals surface area contributed by atoms with E-state index in [0.717, 1.165) is 24.8 Å². The normalized spacial score (nSPS) is 13.6. The molecule has 0 aliphatic carbocycles. The number of aromatic nitrogens is 3. The molecule has 0 saturated carbocycles. The maximum atomic E-state index is 14.3. The lowest BCUT2D eigenvalue weighted by molar-refractivity contribution is -0.152. The van der Waals surface area contributed by atoms with Crippen LogP contribution in [0.25, 0.3) is 11.1 Å². The smallest absolute Gasteiger partial charge is 0.311 e. The lowest BCUT2D eigenvalue weighted by atomic mass is 9.82. The van der Waals surface area contributed by atoms with Crippen LogP contribution in [-0.2, 0) is 16.0 Å². The van der Waals surface area contributed by atoms with Crippen molar-refractivity contribution < 1.29 is 23.8 Å². The van der Waals surface area contributed by atoms with E-state index >= 15 is 0 Å². The number of aromatic amines is 1. The molecule has 37 heavy (non-hydrogen) atoms. The maximum absolute atomic E-state index is 14.3. The van der Waals surface area contributed by atoms with E-state index < -0.39 is 23.3 Å². The highest BCUT2D eigenvalue weighted by atomic mass is 35.5. The predicted octanol–water partition coefficient (Wildman–Crippen LogP) is 5.29. The van der Waals surface area contributed by atoms with Crippen LogP contribution in [0.2, 0.25) is 5.02 Å². The van der Waals surface area contributed by atoms with Gasteiger partial charge >= 0.3 is 5.97 Å². The van der Waals surface area contributed by atoms with Gasteiger partial charge in [-0.3, -0.25) is 14.7 Å². The molecule has 0 bridgehead atoms. The second kappa shape index (κ2) is 13.3. The zero-order chi connectivity index (χ0) is 26.8. The van der Waals surface area contributed by atoms with Crippen molar-refractivity contribution in [2.45, 2.75) is 52.0 Å². The van der Waals surface area contributed by atoms with Crippen molar-refractivity contribution in [3.05, 3.63) is 70.8 Å². The van der Waals surface area contributed by atoms with Crippen LogP contribution in [0.4, 0.5) is 4.39 Å². The first-order valence-corrected chi connectivity index (χ1v) is 12.6. The van der Waals surface area contributed by atoms with Gasteiger partial charge < -0.3 is 15.2 Å². The number of aliphatic carboxylic acids is 1. The van der Waals surface area contributed by atoms with Crippen LogP contribution >= 0.6 is 11.6 Å². The number of carboxylic acids is 1. The van der Waals surface area contributed by atoms with E-state index in [1.165, 1.54) is 18.3 Å². The molecule has 1 amide bonds. The summed E-state index contributed by atoms with van der Waals surface area (Å²) in [5.41, 5.74) is 0.832. The number of nitrogens with zero attached hydrogens (tertiary/aromatic N) is 2. The van der Waals surface area contributed by atoms with Gasteiger partial charge in [0.25, 0.3) is 5.91 Å². The number of hydrogen-bond acceptors (Lipinski definition) is 5. The number of carboxylic acid groups (broad SMARTS) is 1. The molecule has 0 fully saturated rings. The molecule has 8 nitrogen and oxygen atoms in total. The summed E-state index contributed by atoms with van der Waals surface area (Å²) in [7, 11) is 0. The summed E-state index contributed by atoms with van der Waals surface area (Å²) in [4.78, 5) is 25.0. The largest absolute Gasteiger partial charge is 0.481 e. The minimum Gasteiger partial charge on any atom is -0.481 e. The van der Waals surface area contributed by atoms with Crippen LogP contribution in [0.3, 0.4) is 0 Å². The molecule has 198 valence electrons. The zero-order valence-corrected chi connectivity index (χ0v) is 21.7. The van der Waals surface area contributed by atoms with Gasteiger partial charge in [-0.05, 0) is 55.5 Å². The van der Waals surface area contributed by atoms with E-state index in [-0.39, 0.29) is 24.5 Å². The molecule has 3 N–H and O–H groups in total. The lowest BCUT2D eigenvalue weighted by Crippen LogP contribution is -2.44. The topological polar surface area (TPSA) is 117 Å². The molecule has 0 radical (unpaired) electrons.